The summed E-state index contributed by atoms with van der Waals surface area (Å²) in [5.74, 6) is -0.131. The molecule has 1 saturated heterocycles. The molecule has 2 aliphatic heterocycles. The molecule has 0 N–H and O–H groups in total. The van der Waals surface area contributed by atoms with Gasteiger partial charge in [0.05, 0.1) is 4.91 Å². The fourth-order valence-electron chi connectivity index (χ4n) is 3.97. The summed E-state index contributed by atoms with van der Waals surface area (Å²) in [6.07, 6.45) is 4.15. The van der Waals surface area contributed by atoms with Gasteiger partial charge in [0.2, 0.25) is 0 Å². The Labute approximate surface area is 180 Å². The van der Waals surface area contributed by atoms with Crippen LogP contribution < -0.4 is 0 Å². The van der Waals surface area contributed by atoms with Crippen molar-refractivity contribution < 1.29 is 4.79 Å². The number of aromatic nitrogens is 1. The van der Waals surface area contributed by atoms with Gasteiger partial charge in [0.1, 0.15) is 0 Å². The summed E-state index contributed by atoms with van der Waals surface area (Å²) in [6.45, 7) is 4.63. The van der Waals surface area contributed by atoms with Crippen LogP contribution in [0.3, 0.4) is 0 Å². The zero-order valence-electron chi connectivity index (χ0n) is 17.0. The predicted molar refractivity (Wildman–Crippen MR) is 125 cm³/mol. The van der Waals surface area contributed by atoms with Gasteiger partial charge in [-0.15, -0.1) is 0 Å². The Balaban J connectivity index is 1.43. The van der Waals surface area contributed by atoms with Gasteiger partial charge in [-0.2, -0.15) is 4.99 Å². The van der Waals surface area contributed by atoms with Gasteiger partial charge in [-0.3, -0.25) is 4.79 Å². The van der Waals surface area contributed by atoms with E-state index >= 15 is 0 Å². The van der Waals surface area contributed by atoms with Crippen LogP contribution in [-0.4, -0.2) is 58.7 Å². The summed E-state index contributed by atoms with van der Waals surface area (Å²) < 4.78 is 2.25. The van der Waals surface area contributed by atoms with Gasteiger partial charge in [0.15, 0.2) is 5.17 Å². The van der Waals surface area contributed by atoms with Crippen molar-refractivity contribution in [3.8, 4) is 0 Å². The molecule has 0 atom stereocenters. The fourth-order valence-corrected chi connectivity index (χ4v) is 4.93. The third-order valence-corrected chi connectivity index (χ3v) is 6.73. The van der Waals surface area contributed by atoms with Gasteiger partial charge >= 0.3 is 0 Å². The summed E-state index contributed by atoms with van der Waals surface area (Å²) >= 11 is 1.50. The Bertz CT molecular complexity index is 1140. The molecular weight excluding hydrogens is 392 g/mol. The van der Waals surface area contributed by atoms with E-state index in [0.717, 1.165) is 48.8 Å². The number of benzene rings is 2. The average molecular weight is 417 g/mol. The zero-order chi connectivity index (χ0) is 20.5. The van der Waals surface area contributed by atoms with Gasteiger partial charge in [-0.05, 0) is 36.5 Å². The number of amidine groups is 1. The quantitative estimate of drug-likeness (QED) is 0.607. The van der Waals surface area contributed by atoms with Crippen LogP contribution in [0.5, 0.6) is 0 Å². The number of hydrogen-bond acceptors (Lipinski definition) is 4. The number of para-hydroxylation sites is 1. The molecular formula is C24H24N4OS. The highest BCUT2D eigenvalue weighted by atomic mass is 32.2. The van der Waals surface area contributed by atoms with E-state index in [1.54, 1.807) is 0 Å². The van der Waals surface area contributed by atoms with Gasteiger partial charge < -0.3 is 14.4 Å². The molecule has 2 aromatic carbocycles. The molecule has 3 heterocycles. The molecule has 0 aliphatic carbocycles. The maximum absolute atomic E-state index is 12.6. The molecule has 1 aromatic heterocycles. The Morgan fingerprint density at radius 1 is 1.00 bits per heavy atom. The number of amides is 1. The van der Waals surface area contributed by atoms with Crippen molar-refractivity contribution >= 4 is 39.8 Å². The maximum atomic E-state index is 12.6. The summed E-state index contributed by atoms with van der Waals surface area (Å²) in [4.78, 5) is 22.2. The minimum atomic E-state index is -0.131. The first-order valence-electron chi connectivity index (χ1n) is 10.3. The van der Waals surface area contributed by atoms with Crippen LogP contribution in [0.1, 0.15) is 11.1 Å². The van der Waals surface area contributed by atoms with E-state index in [-0.39, 0.29) is 5.91 Å². The Kier molecular flexibility index (Phi) is 5.19. The van der Waals surface area contributed by atoms with E-state index in [1.807, 2.05) is 18.2 Å². The second-order valence-electron chi connectivity index (χ2n) is 7.82. The number of carbonyl (C=O) groups is 1. The van der Waals surface area contributed by atoms with Crippen molar-refractivity contribution in [3.63, 3.8) is 0 Å². The van der Waals surface area contributed by atoms with E-state index < -0.39 is 0 Å². The van der Waals surface area contributed by atoms with Crippen molar-refractivity contribution in [1.29, 1.82) is 0 Å². The Morgan fingerprint density at radius 3 is 2.53 bits per heavy atom. The minimum absolute atomic E-state index is 0.131. The molecule has 0 spiro atoms. The SMILES string of the molecule is CN1CCN(C2=NC(=O)/C(=C/c3cn(Cc4ccccc4)c4ccccc34)S2)CC1. The first-order valence-corrected chi connectivity index (χ1v) is 11.1. The van der Waals surface area contributed by atoms with Crippen LogP contribution in [0.25, 0.3) is 17.0 Å². The summed E-state index contributed by atoms with van der Waals surface area (Å²) in [6, 6.07) is 18.8. The standard InChI is InChI=1S/C24H24N4OS/c1-26-11-13-27(14-12-26)24-25-23(29)22(30-24)15-19-17-28(16-18-7-3-2-4-8-18)21-10-6-5-9-20(19)21/h2-10,15,17H,11-14,16H2,1H3/b22-15-. The number of carbonyl (C=O) groups excluding carboxylic acids is 1. The van der Waals surface area contributed by atoms with Crippen LogP contribution in [0.15, 0.2) is 70.7 Å². The predicted octanol–water partition coefficient (Wildman–Crippen LogP) is 3.91. The molecule has 0 radical (unpaired) electrons. The Morgan fingerprint density at radius 2 is 1.73 bits per heavy atom. The third kappa shape index (κ3) is 3.80. The lowest BCUT2D eigenvalue weighted by molar-refractivity contribution is -0.113. The number of rotatable bonds is 3. The monoisotopic (exact) mass is 416 g/mol. The lowest BCUT2D eigenvalue weighted by atomic mass is 10.1. The smallest absolute Gasteiger partial charge is 0.286 e. The van der Waals surface area contributed by atoms with E-state index in [2.05, 4.69) is 75.1 Å². The molecule has 152 valence electrons. The molecule has 30 heavy (non-hydrogen) atoms. The van der Waals surface area contributed by atoms with Crippen molar-refractivity contribution in [2.75, 3.05) is 33.2 Å². The molecule has 0 bridgehead atoms. The second-order valence-corrected chi connectivity index (χ2v) is 8.82. The number of likely N-dealkylation sites (N-methyl/N-ethyl adjacent to an activating group) is 1. The number of aliphatic imine (C=N–C) groups is 1. The average Bonchev–Trinajstić information content (AvgIpc) is 3.30. The number of nitrogens with zero attached hydrogens (tertiary/aromatic N) is 4. The molecule has 0 saturated carbocycles. The van der Waals surface area contributed by atoms with Crippen LogP contribution in [0.2, 0.25) is 0 Å². The molecule has 1 amide bonds. The van der Waals surface area contributed by atoms with Crippen LogP contribution in [0.4, 0.5) is 0 Å². The zero-order valence-corrected chi connectivity index (χ0v) is 17.8. The van der Waals surface area contributed by atoms with Crippen molar-refractivity contribution in [3.05, 3.63) is 76.8 Å². The third-order valence-electron chi connectivity index (χ3n) is 5.68. The number of thioether (sulfide) groups is 1. The maximum Gasteiger partial charge on any atom is 0.286 e. The number of hydrogen-bond donors (Lipinski definition) is 0. The molecule has 0 unspecified atom stereocenters. The highest BCUT2D eigenvalue weighted by Crippen LogP contribution is 2.33. The normalized spacial score (nSPS) is 19.1. The molecule has 3 aromatic rings. The van der Waals surface area contributed by atoms with Gasteiger partial charge in [-0.25, -0.2) is 0 Å². The van der Waals surface area contributed by atoms with Crippen molar-refractivity contribution in [2.45, 2.75) is 6.54 Å². The summed E-state index contributed by atoms with van der Waals surface area (Å²) in [5, 5.41) is 2.00. The van der Waals surface area contributed by atoms with E-state index in [0.29, 0.717) is 4.91 Å². The topological polar surface area (TPSA) is 40.8 Å². The van der Waals surface area contributed by atoms with Crippen molar-refractivity contribution in [1.82, 2.24) is 14.4 Å². The Hall–Kier alpha value is -2.83. The lowest BCUT2D eigenvalue weighted by Crippen LogP contribution is -2.46. The minimum Gasteiger partial charge on any atom is -0.348 e. The number of piperazine rings is 1. The van der Waals surface area contributed by atoms with Crippen molar-refractivity contribution in [2.24, 2.45) is 4.99 Å². The van der Waals surface area contributed by atoms with Crippen LogP contribution >= 0.6 is 11.8 Å². The number of fused-ring (bicyclic) bond motifs is 1. The first-order chi connectivity index (χ1) is 14.7. The van der Waals surface area contributed by atoms with E-state index in [1.165, 1.54) is 22.8 Å². The molecule has 2 aliphatic rings. The lowest BCUT2D eigenvalue weighted by Gasteiger charge is -2.32. The molecule has 5 rings (SSSR count). The highest BCUT2D eigenvalue weighted by Gasteiger charge is 2.28. The molecule has 6 heteroatoms. The van der Waals surface area contributed by atoms with E-state index in [9.17, 15) is 4.79 Å². The van der Waals surface area contributed by atoms with Gasteiger partial charge in [0.25, 0.3) is 5.91 Å². The first kappa shape index (κ1) is 19.2. The summed E-state index contributed by atoms with van der Waals surface area (Å²) in [5.41, 5.74) is 3.49. The molecule has 1 fully saturated rings. The largest absolute Gasteiger partial charge is 0.348 e. The van der Waals surface area contributed by atoms with E-state index in [4.69, 9.17) is 0 Å². The van der Waals surface area contributed by atoms with Crippen LogP contribution in [0, 0.1) is 0 Å². The fraction of sp³-hybridized carbons (Fsp3) is 0.250. The highest BCUT2D eigenvalue weighted by molar-refractivity contribution is 8.18. The van der Waals surface area contributed by atoms with Gasteiger partial charge in [0, 0.05) is 55.4 Å². The second kappa shape index (κ2) is 8.13. The summed E-state index contributed by atoms with van der Waals surface area (Å²) in [7, 11) is 2.13. The molecule has 5 nitrogen and oxygen atoms in total. The van der Waals surface area contributed by atoms with Crippen LogP contribution in [-0.2, 0) is 11.3 Å². The van der Waals surface area contributed by atoms with Gasteiger partial charge in [-0.1, -0.05) is 48.5 Å².